The minimum absolute atomic E-state index is 0.218. The number of halogens is 3. The molecule has 3 heterocycles. The van der Waals surface area contributed by atoms with Gasteiger partial charge in [0.15, 0.2) is 0 Å². The SMILES string of the molecule is CCO[C@H]1CN(Cc2ccco2)[C@@H]2CCCO[C@H]12.O=C(O)C(F)(F)F. The number of ether oxygens (including phenoxy) is 2. The van der Waals surface area contributed by atoms with Gasteiger partial charge in [-0.25, -0.2) is 4.79 Å². The molecule has 1 N–H and O–H groups in total. The van der Waals surface area contributed by atoms with Gasteiger partial charge in [-0.1, -0.05) is 0 Å². The van der Waals surface area contributed by atoms with Crippen LogP contribution in [0.25, 0.3) is 0 Å². The van der Waals surface area contributed by atoms with E-state index in [2.05, 4.69) is 4.90 Å². The topological polar surface area (TPSA) is 72.1 Å². The molecule has 3 atom stereocenters. The van der Waals surface area contributed by atoms with Gasteiger partial charge in [0.2, 0.25) is 0 Å². The van der Waals surface area contributed by atoms with Crippen molar-refractivity contribution in [3.8, 4) is 0 Å². The molecule has 1 aromatic rings. The third kappa shape index (κ3) is 5.45. The van der Waals surface area contributed by atoms with Crippen molar-refractivity contribution in [1.29, 1.82) is 0 Å². The molecule has 0 amide bonds. The van der Waals surface area contributed by atoms with E-state index in [1.165, 1.54) is 6.42 Å². The van der Waals surface area contributed by atoms with Crippen LogP contribution in [0.2, 0.25) is 0 Å². The molecule has 142 valence electrons. The van der Waals surface area contributed by atoms with Crippen LogP contribution < -0.4 is 0 Å². The number of aliphatic carboxylic acids is 1. The maximum Gasteiger partial charge on any atom is 0.490 e. The van der Waals surface area contributed by atoms with Gasteiger partial charge in [-0.05, 0) is 31.9 Å². The minimum Gasteiger partial charge on any atom is -0.475 e. The number of carboxylic acid groups (broad SMARTS) is 1. The van der Waals surface area contributed by atoms with Gasteiger partial charge in [0.25, 0.3) is 0 Å². The number of hydrogen-bond donors (Lipinski definition) is 1. The Morgan fingerprint density at radius 2 is 2.20 bits per heavy atom. The lowest BCUT2D eigenvalue weighted by Crippen LogP contribution is -2.41. The molecule has 0 unspecified atom stereocenters. The van der Waals surface area contributed by atoms with Gasteiger partial charge in [0, 0.05) is 25.8 Å². The molecule has 6 nitrogen and oxygen atoms in total. The molecule has 0 aliphatic carbocycles. The van der Waals surface area contributed by atoms with Crippen LogP contribution in [0, 0.1) is 0 Å². The highest BCUT2D eigenvalue weighted by Gasteiger charge is 2.44. The molecular formula is C16H22F3NO5. The van der Waals surface area contributed by atoms with E-state index in [1.54, 1.807) is 6.26 Å². The van der Waals surface area contributed by atoms with E-state index in [9.17, 15) is 13.2 Å². The van der Waals surface area contributed by atoms with Crippen molar-refractivity contribution in [3.63, 3.8) is 0 Å². The van der Waals surface area contributed by atoms with E-state index in [1.807, 2.05) is 19.1 Å². The highest BCUT2D eigenvalue weighted by Crippen LogP contribution is 2.31. The van der Waals surface area contributed by atoms with Crippen molar-refractivity contribution in [1.82, 2.24) is 4.90 Å². The Balaban J connectivity index is 0.000000277. The van der Waals surface area contributed by atoms with E-state index in [0.717, 1.165) is 38.5 Å². The number of hydrogen-bond acceptors (Lipinski definition) is 5. The Labute approximate surface area is 143 Å². The summed E-state index contributed by atoms with van der Waals surface area (Å²) in [7, 11) is 0. The minimum atomic E-state index is -5.08. The van der Waals surface area contributed by atoms with Crippen molar-refractivity contribution >= 4 is 5.97 Å². The largest absolute Gasteiger partial charge is 0.490 e. The van der Waals surface area contributed by atoms with Crippen molar-refractivity contribution in [2.75, 3.05) is 19.8 Å². The second-order valence-corrected chi connectivity index (χ2v) is 5.85. The van der Waals surface area contributed by atoms with Crippen LogP contribution in [0.5, 0.6) is 0 Å². The molecule has 2 aliphatic heterocycles. The van der Waals surface area contributed by atoms with Gasteiger partial charge < -0.3 is 19.0 Å². The van der Waals surface area contributed by atoms with E-state index in [4.69, 9.17) is 23.8 Å². The number of rotatable bonds is 4. The number of carboxylic acids is 1. The van der Waals surface area contributed by atoms with E-state index in [-0.39, 0.29) is 12.2 Å². The summed E-state index contributed by atoms with van der Waals surface area (Å²) in [6.45, 7) is 5.49. The van der Waals surface area contributed by atoms with Crippen LogP contribution in [-0.2, 0) is 20.8 Å². The first kappa shape index (κ1) is 19.7. The number of fused-ring (bicyclic) bond motifs is 1. The Kier molecular flexibility index (Phi) is 6.86. The monoisotopic (exact) mass is 365 g/mol. The summed E-state index contributed by atoms with van der Waals surface area (Å²) in [6.07, 6.45) is -0.534. The fraction of sp³-hybridized carbons (Fsp3) is 0.688. The maximum atomic E-state index is 10.6. The Bertz CT molecular complexity index is 534. The number of nitrogens with zero attached hydrogens (tertiary/aromatic N) is 1. The molecule has 2 fully saturated rings. The number of furan rings is 1. The standard InChI is InChI=1S/C14H21NO3.C2HF3O2/c1-2-16-13-10-15(9-11-5-3-7-17-11)12-6-4-8-18-14(12)13;3-2(4,5)1(6)7/h3,5,7,12-14H,2,4,6,8-10H2,1H3;(H,6,7)/t12-,13+,14+;/m1./s1. The highest BCUT2D eigenvalue weighted by atomic mass is 19.4. The number of alkyl halides is 3. The van der Waals surface area contributed by atoms with Gasteiger partial charge in [-0.2, -0.15) is 13.2 Å². The molecule has 0 aromatic carbocycles. The molecular weight excluding hydrogens is 343 g/mol. The normalized spacial score (nSPS) is 26.6. The predicted molar refractivity (Wildman–Crippen MR) is 81.0 cm³/mol. The van der Waals surface area contributed by atoms with Crippen LogP contribution in [0.4, 0.5) is 13.2 Å². The first-order valence-electron chi connectivity index (χ1n) is 8.12. The molecule has 0 saturated carbocycles. The van der Waals surface area contributed by atoms with Gasteiger partial charge in [0.05, 0.1) is 18.9 Å². The quantitative estimate of drug-likeness (QED) is 0.885. The first-order chi connectivity index (χ1) is 11.8. The molecule has 2 aliphatic rings. The Morgan fingerprint density at radius 3 is 2.76 bits per heavy atom. The lowest BCUT2D eigenvalue weighted by Gasteiger charge is -2.31. The first-order valence-corrected chi connectivity index (χ1v) is 8.12. The second kappa shape index (κ2) is 8.68. The fourth-order valence-corrected chi connectivity index (χ4v) is 3.15. The number of carbonyl (C=O) groups is 1. The van der Waals surface area contributed by atoms with Crippen LogP contribution in [0.3, 0.4) is 0 Å². The van der Waals surface area contributed by atoms with Crippen LogP contribution in [-0.4, -0.2) is 60.2 Å². The van der Waals surface area contributed by atoms with Crippen LogP contribution >= 0.6 is 0 Å². The lowest BCUT2D eigenvalue weighted by molar-refractivity contribution is -0.192. The van der Waals surface area contributed by atoms with Crippen molar-refractivity contribution < 1.29 is 37.0 Å². The zero-order chi connectivity index (χ0) is 18.4. The van der Waals surface area contributed by atoms with Crippen molar-refractivity contribution in [3.05, 3.63) is 24.2 Å². The number of likely N-dealkylation sites (tertiary alicyclic amines) is 1. The maximum absolute atomic E-state index is 10.6. The van der Waals surface area contributed by atoms with Crippen molar-refractivity contribution in [2.45, 2.75) is 50.7 Å². The zero-order valence-corrected chi connectivity index (χ0v) is 13.9. The summed E-state index contributed by atoms with van der Waals surface area (Å²) < 4.78 is 48.9. The Morgan fingerprint density at radius 1 is 1.48 bits per heavy atom. The molecule has 2 saturated heterocycles. The van der Waals surface area contributed by atoms with E-state index >= 15 is 0 Å². The summed E-state index contributed by atoms with van der Waals surface area (Å²) in [6, 6.07) is 4.47. The van der Waals surface area contributed by atoms with Gasteiger partial charge in [-0.3, -0.25) is 4.90 Å². The fourth-order valence-electron chi connectivity index (χ4n) is 3.15. The Hall–Kier alpha value is -1.58. The van der Waals surface area contributed by atoms with Crippen molar-refractivity contribution in [2.24, 2.45) is 0 Å². The van der Waals surface area contributed by atoms with E-state index < -0.39 is 12.1 Å². The predicted octanol–water partition coefficient (Wildman–Crippen LogP) is 2.68. The van der Waals surface area contributed by atoms with Crippen LogP contribution in [0.15, 0.2) is 22.8 Å². The summed E-state index contributed by atoms with van der Waals surface area (Å²) in [4.78, 5) is 11.3. The average molecular weight is 365 g/mol. The highest BCUT2D eigenvalue weighted by molar-refractivity contribution is 5.73. The van der Waals surface area contributed by atoms with Gasteiger partial charge in [-0.15, -0.1) is 0 Å². The summed E-state index contributed by atoms with van der Waals surface area (Å²) in [5, 5.41) is 7.12. The third-order valence-electron chi connectivity index (χ3n) is 4.15. The molecule has 9 heteroatoms. The summed E-state index contributed by atoms with van der Waals surface area (Å²) in [5.41, 5.74) is 0. The molecule has 0 bridgehead atoms. The second-order valence-electron chi connectivity index (χ2n) is 5.85. The third-order valence-corrected chi connectivity index (χ3v) is 4.15. The van der Waals surface area contributed by atoms with Gasteiger partial charge >= 0.3 is 12.1 Å². The molecule has 0 radical (unpaired) electrons. The summed E-state index contributed by atoms with van der Waals surface area (Å²) in [5.74, 6) is -1.73. The summed E-state index contributed by atoms with van der Waals surface area (Å²) >= 11 is 0. The molecule has 3 rings (SSSR count). The van der Waals surface area contributed by atoms with E-state index in [0.29, 0.717) is 6.04 Å². The average Bonchev–Trinajstić information content (AvgIpc) is 3.17. The molecule has 25 heavy (non-hydrogen) atoms. The zero-order valence-electron chi connectivity index (χ0n) is 13.9. The smallest absolute Gasteiger partial charge is 0.475 e. The van der Waals surface area contributed by atoms with Crippen LogP contribution in [0.1, 0.15) is 25.5 Å². The lowest BCUT2D eigenvalue weighted by atomic mass is 10.0. The van der Waals surface area contributed by atoms with Gasteiger partial charge in [0.1, 0.15) is 11.9 Å². The molecule has 1 aromatic heterocycles. The molecule has 0 spiro atoms.